The first-order valence-electron chi connectivity index (χ1n) is 29.7. The molecule has 0 aromatic rings. The van der Waals surface area contributed by atoms with Crippen LogP contribution in [0.5, 0.6) is 0 Å². The minimum Gasteiger partial charge on any atom is -0.391 e. The minimum atomic E-state index is -6.85. The van der Waals surface area contributed by atoms with E-state index in [0.717, 1.165) is 0 Å². The van der Waals surface area contributed by atoms with E-state index >= 15 is 0 Å². The van der Waals surface area contributed by atoms with Gasteiger partial charge >= 0.3 is 76.4 Å². The Morgan fingerprint density at radius 3 is 1.00 bits per heavy atom. The number of aliphatic hydroxyl groups excluding tert-OH is 1. The maximum atomic E-state index is 12.5. The molecular weight excluding hydrogens is 1460 g/mol. The molecule has 0 aromatic carbocycles. The second-order valence-electron chi connectivity index (χ2n) is 27.1. The Labute approximate surface area is 589 Å². The molecular formula is C51H79F9N7NaO29S3. The second kappa shape index (κ2) is 29.1. The van der Waals surface area contributed by atoms with Crippen molar-refractivity contribution < 1.29 is 202 Å². The fraction of sp³-hybridized carbons (Fsp3) is 1.00. The van der Waals surface area contributed by atoms with Gasteiger partial charge in [-0.05, 0) is 116 Å². The average Bonchev–Trinajstić information content (AvgIpc) is 1.59. The molecule has 0 aromatic heterocycles. The van der Waals surface area contributed by atoms with Crippen LogP contribution >= 0.6 is 0 Å². The van der Waals surface area contributed by atoms with Gasteiger partial charge in [0.1, 0.15) is 86.5 Å². The van der Waals surface area contributed by atoms with E-state index in [4.69, 9.17) is 117 Å². The molecule has 16 atom stereocenters. The maximum absolute atomic E-state index is 12.5. The molecule has 12 fully saturated rings. The third-order valence-corrected chi connectivity index (χ3v) is 19.0. The molecule has 0 aliphatic carbocycles. The number of hydrogen-bond donors (Lipinski definition) is 2. The molecule has 574 valence electrons. The Morgan fingerprint density at radius 2 is 0.690 bits per heavy atom. The molecule has 0 bridgehead atoms. The Hall–Kier alpha value is -2.12. The third-order valence-electron chi connectivity index (χ3n) is 15.4. The monoisotopic (exact) mass is 1540 g/mol. The van der Waals surface area contributed by atoms with Gasteiger partial charge in [-0.1, -0.05) is 5.11 Å². The van der Waals surface area contributed by atoms with Gasteiger partial charge in [0.15, 0.2) is 46.3 Å². The van der Waals surface area contributed by atoms with Crippen molar-refractivity contribution in [2.24, 2.45) is 10.8 Å². The summed E-state index contributed by atoms with van der Waals surface area (Å²) in [5.74, 6) is -11.6. The molecule has 12 aliphatic rings. The summed E-state index contributed by atoms with van der Waals surface area (Å²) >= 11 is 0. The number of halogens is 9. The zero-order chi connectivity index (χ0) is 75.3. The molecule has 0 saturated carbocycles. The van der Waals surface area contributed by atoms with E-state index in [9.17, 15) is 69.9 Å². The van der Waals surface area contributed by atoms with Crippen LogP contribution in [0, 0.1) is 0 Å². The molecule has 0 amide bonds. The van der Waals surface area contributed by atoms with Crippen molar-refractivity contribution in [1.29, 1.82) is 0 Å². The van der Waals surface area contributed by atoms with Gasteiger partial charge in [0.25, 0.3) is 0 Å². The van der Waals surface area contributed by atoms with Gasteiger partial charge in [-0.15, -0.1) is 3.63 Å². The predicted molar refractivity (Wildman–Crippen MR) is 302 cm³/mol. The van der Waals surface area contributed by atoms with Crippen molar-refractivity contribution in [3.8, 4) is 0 Å². The Morgan fingerprint density at radius 1 is 0.430 bits per heavy atom. The summed E-state index contributed by atoms with van der Waals surface area (Å²) in [6.45, 7) is 28.3. The van der Waals surface area contributed by atoms with Crippen LogP contribution in [0.2, 0.25) is 0 Å². The molecule has 36 nitrogen and oxygen atoms in total. The third kappa shape index (κ3) is 19.0. The number of fused-ring (bicyclic) bond motifs is 12. The molecule has 100 heavy (non-hydrogen) atoms. The summed E-state index contributed by atoms with van der Waals surface area (Å²) in [6, 6.07) is 0. The maximum Gasteiger partial charge on any atom is 1.00 e. The van der Waals surface area contributed by atoms with Gasteiger partial charge in [-0.25, -0.2) is 0 Å². The molecule has 12 rings (SSSR count). The molecule has 12 aliphatic heterocycles. The summed E-state index contributed by atoms with van der Waals surface area (Å²) in [4.78, 5) is 4.28. The number of rotatable bonds is 9. The zero-order valence-electron chi connectivity index (χ0n) is 56.9. The first-order valence-corrected chi connectivity index (χ1v) is 33.9. The van der Waals surface area contributed by atoms with Crippen LogP contribution in [0.1, 0.15) is 111 Å². The number of nitrogens with zero attached hydrogens (tertiary/aromatic N) is 6. The molecule has 12 heterocycles. The number of alkyl halides is 9. The first-order chi connectivity index (χ1) is 44.6. The number of ether oxygens (including phenoxy) is 20. The van der Waals surface area contributed by atoms with Crippen molar-refractivity contribution >= 4 is 30.4 Å². The Bertz CT molecular complexity index is 3240. The van der Waals surface area contributed by atoms with Gasteiger partial charge in [0.2, 0.25) is 23.1 Å². The SMILES string of the molecule is CC1(C)O[C@@H]2[C@@H](CO[C@@]3(CN)OC(C)(C)O[C@@H]23)O1.CC1(C)O[C@@H]2[C@@H](CO[C@@]3(CN=[N+]=[N-])OC(C)(C)O[C@@H]23)O1.CC1(C)O[C@@H]2[C@@H](CO[C@@]3(CO)OC(C)(C)O[C@@H]23)O1.CC1(C)O[C@@H]2[C@@H](CO[C@@]3(COS(=O)(=O)C(F)(F)F)OC(C)(C)O[C@@H]23)O1.O=S(=O)(OS(=O)(=O)C(F)(F)F)C(F)(F)F.[N-]=[N+]=[N-].[Na+]. The normalized spacial score (nSPS) is 38.8. The number of hydrogen-bond acceptors (Lipinski definition) is 31. The van der Waals surface area contributed by atoms with Crippen LogP contribution in [0.25, 0.3) is 26.4 Å². The van der Waals surface area contributed by atoms with Gasteiger partial charge in [-0.3, -0.25) is 9.09 Å². The van der Waals surface area contributed by atoms with E-state index in [-0.39, 0.29) is 98.6 Å². The van der Waals surface area contributed by atoms with Crippen LogP contribution in [0.3, 0.4) is 0 Å². The van der Waals surface area contributed by atoms with Gasteiger partial charge < -0.3 is 117 Å². The summed E-state index contributed by atoms with van der Waals surface area (Å²) in [7, 11) is -19.5. The number of azide groups is 1. The molecule has 3 N–H and O–H groups in total. The van der Waals surface area contributed by atoms with E-state index in [0.29, 0.717) is 19.8 Å². The van der Waals surface area contributed by atoms with E-state index in [1.54, 1.807) is 41.5 Å². The van der Waals surface area contributed by atoms with Crippen molar-refractivity contribution in [2.75, 3.05) is 52.7 Å². The van der Waals surface area contributed by atoms with E-state index in [1.807, 2.05) is 59.0 Å². The summed E-state index contributed by atoms with van der Waals surface area (Å²) in [6.07, 6.45) is -4.99. The largest absolute Gasteiger partial charge is 1.00 e. The van der Waals surface area contributed by atoms with Gasteiger partial charge in [0, 0.05) is 4.91 Å². The predicted octanol–water partition coefficient (Wildman–Crippen LogP) is 2.24. The van der Waals surface area contributed by atoms with Crippen molar-refractivity contribution in [1.82, 2.24) is 0 Å². The van der Waals surface area contributed by atoms with Crippen molar-refractivity contribution in [2.45, 2.75) is 270 Å². The topological polar surface area (TPSA) is 459 Å². The van der Waals surface area contributed by atoms with Crippen molar-refractivity contribution in [3.63, 3.8) is 0 Å². The zero-order valence-corrected chi connectivity index (χ0v) is 61.3. The fourth-order valence-corrected chi connectivity index (χ4v) is 14.4. The van der Waals surface area contributed by atoms with Crippen LogP contribution < -0.4 is 35.3 Å². The Kier molecular flexibility index (Phi) is 25.3. The van der Waals surface area contributed by atoms with Gasteiger partial charge in [0.05, 0.1) is 39.5 Å². The van der Waals surface area contributed by atoms with Crippen molar-refractivity contribution in [3.05, 3.63) is 26.4 Å². The van der Waals surface area contributed by atoms with E-state index < -0.39 is 153 Å². The average molecular weight is 1540 g/mol. The quantitative estimate of drug-likeness (QED) is 0.0635. The summed E-state index contributed by atoms with van der Waals surface area (Å²) < 4.78 is 290. The fourth-order valence-electron chi connectivity index (χ4n) is 12.4. The second-order valence-corrected chi connectivity index (χ2v) is 32.0. The Balaban J connectivity index is 0.000000196. The van der Waals surface area contributed by atoms with Crippen LogP contribution in [-0.2, 0) is 133 Å². The van der Waals surface area contributed by atoms with Gasteiger partial charge in [-0.2, -0.15) is 64.8 Å². The van der Waals surface area contributed by atoms with E-state index in [1.165, 1.54) is 18.8 Å². The molecule has 0 radical (unpaired) electrons. The summed E-state index contributed by atoms with van der Waals surface area (Å²) in [5, 5.41) is 13.2. The van der Waals surface area contributed by atoms with Crippen LogP contribution in [0.15, 0.2) is 5.11 Å². The summed E-state index contributed by atoms with van der Waals surface area (Å²) in [5.41, 5.74) is 9.82. The standard InChI is InChI=1S/C13H19F3O8S.C12H19N3O5.C12H21NO5.C12H20O6.C2F6O5S2.N3.Na/c1-10(2)21-7-5-19-12(6-20-25(17,18)13(14,15)16)9(8(7)22-10)23-11(3,4)24-12;1-10(2)17-7-5-16-12(6-14-15-13)9(8(7)18-10)19-11(3,4)20-12;2*1-10(2)15-7-5-14-12(6-13)9(8(7)16-10)17-11(3,4)18-12;3-1(4,5)14(9,10)13-15(11,12)2(6,7)8;1-3-2;/h7-9H,5-6H2,1-4H3;7-9H,5-6H2,1-4H3;7-9H,5-6,13H2,1-4H3;7-9,13H,5-6H2,1-4H3;;;/q;;;;;-1;+1/t4*7-,8-,9+,12+;;;/m1111.../s1. The first kappa shape index (κ1) is 86.8. The smallest absolute Gasteiger partial charge is 0.391 e. The molecule has 49 heteroatoms. The minimum absolute atomic E-state index is 0. The molecule has 0 spiro atoms. The molecule has 12 saturated heterocycles. The number of nitrogens with two attached hydrogens (primary N) is 1. The van der Waals surface area contributed by atoms with Crippen LogP contribution in [-0.4, -0.2) is 242 Å². The van der Waals surface area contributed by atoms with Crippen LogP contribution in [0.4, 0.5) is 39.5 Å². The number of aliphatic hydroxyl groups is 1. The van der Waals surface area contributed by atoms with E-state index in [2.05, 4.69) is 14.2 Å². The molecule has 0 unspecified atom stereocenters.